The molecule has 10 heteroatoms. The quantitative estimate of drug-likeness (QED) is 0.632. The van der Waals surface area contributed by atoms with E-state index in [9.17, 15) is 9.59 Å². The van der Waals surface area contributed by atoms with Crippen LogP contribution in [0.3, 0.4) is 0 Å². The van der Waals surface area contributed by atoms with Crippen LogP contribution in [0.4, 0.5) is 0 Å². The van der Waals surface area contributed by atoms with Crippen molar-refractivity contribution in [3.63, 3.8) is 0 Å². The van der Waals surface area contributed by atoms with Crippen molar-refractivity contribution in [2.45, 2.75) is 26.9 Å². The highest BCUT2D eigenvalue weighted by atomic mass is 32.1. The second-order valence-electron chi connectivity index (χ2n) is 6.31. The van der Waals surface area contributed by atoms with Gasteiger partial charge in [-0.25, -0.2) is 0 Å². The fraction of sp³-hybridized carbons (Fsp3) is 0.278. The molecule has 0 radical (unpaired) electrons. The molecule has 1 amide bonds. The molecule has 0 aliphatic carbocycles. The van der Waals surface area contributed by atoms with Gasteiger partial charge >= 0.3 is 0 Å². The molecule has 4 rings (SSSR count). The lowest BCUT2D eigenvalue weighted by atomic mass is 10.2. The molecular formula is C18H17N3O5S2. The van der Waals surface area contributed by atoms with Crippen molar-refractivity contribution in [2.24, 2.45) is 0 Å². The monoisotopic (exact) mass is 419 g/mol. The van der Waals surface area contributed by atoms with Crippen molar-refractivity contribution in [3.05, 3.63) is 43.8 Å². The number of hydrogen-bond donors (Lipinski definition) is 2. The number of nitrogens with one attached hydrogen (secondary N) is 2. The number of H-pyrrole nitrogens is 1. The number of aryl methyl sites for hydroxylation is 2. The van der Waals surface area contributed by atoms with Crippen molar-refractivity contribution < 1.29 is 19.0 Å². The van der Waals surface area contributed by atoms with Crippen molar-refractivity contribution in [1.29, 1.82) is 0 Å². The van der Waals surface area contributed by atoms with Crippen LogP contribution < -0.4 is 25.2 Å². The highest BCUT2D eigenvalue weighted by Crippen LogP contribution is 2.35. The van der Waals surface area contributed by atoms with Gasteiger partial charge < -0.3 is 19.2 Å². The Morgan fingerprint density at radius 1 is 1.36 bits per heavy atom. The van der Waals surface area contributed by atoms with Crippen molar-refractivity contribution in [1.82, 2.24) is 9.66 Å². The summed E-state index contributed by atoms with van der Waals surface area (Å²) in [6.45, 7) is 5.53. The number of fused-ring (bicyclic) bond motifs is 2. The molecule has 3 aromatic rings. The third kappa shape index (κ3) is 3.14. The summed E-state index contributed by atoms with van der Waals surface area (Å²) in [5, 5.41) is 0.515. The predicted molar refractivity (Wildman–Crippen MR) is 108 cm³/mol. The van der Waals surface area contributed by atoms with E-state index in [2.05, 4.69) is 10.4 Å². The summed E-state index contributed by atoms with van der Waals surface area (Å²) < 4.78 is 17.4. The van der Waals surface area contributed by atoms with E-state index in [0.717, 1.165) is 15.1 Å². The molecule has 2 N–H and O–H groups in total. The predicted octanol–water partition coefficient (Wildman–Crippen LogP) is 3.00. The van der Waals surface area contributed by atoms with E-state index in [1.165, 1.54) is 11.3 Å². The molecule has 1 aromatic carbocycles. The SMILES string of the molecule is Cc1sc2[nH]c(=S)n(NC(=O)[C@H](C)Oc3ccc4c(c3)OCO4)c(=O)c2c1C. The molecule has 146 valence electrons. The standard InChI is InChI=1S/C18H17N3O5S2/c1-8-10(3)28-16-14(8)17(23)21(18(27)19-16)20-15(22)9(2)26-11-4-5-12-13(6-11)25-7-24-12/h4-6,9H,7H2,1-3H3,(H,19,27)(H,20,22)/t9-/m0/s1. The number of nitrogens with zero attached hydrogens (tertiary/aromatic N) is 1. The third-order valence-corrected chi connectivity index (χ3v) is 5.88. The van der Waals surface area contributed by atoms with Crippen LogP contribution in [0.5, 0.6) is 17.2 Å². The average molecular weight is 419 g/mol. The maximum absolute atomic E-state index is 12.8. The maximum Gasteiger partial charge on any atom is 0.282 e. The third-order valence-electron chi connectivity index (χ3n) is 4.47. The van der Waals surface area contributed by atoms with Gasteiger partial charge in [0.25, 0.3) is 11.5 Å². The maximum atomic E-state index is 12.8. The zero-order valence-corrected chi connectivity index (χ0v) is 17.0. The van der Waals surface area contributed by atoms with E-state index in [4.69, 9.17) is 26.4 Å². The van der Waals surface area contributed by atoms with Crippen LogP contribution in [0.1, 0.15) is 17.4 Å². The number of amides is 1. The Morgan fingerprint density at radius 2 is 2.11 bits per heavy atom. The lowest BCUT2D eigenvalue weighted by Crippen LogP contribution is -2.40. The highest BCUT2D eigenvalue weighted by Gasteiger charge is 2.20. The van der Waals surface area contributed by atoms with Gasteiger partial charge in [0.05, 0.1) is 5.39 Å². The van der Waals surface area contributed by atoms with Gasteiger partial charge in [-0.05, 0) is 50.7 Å². The first-order chi connectivity index (χ1) is 13.3. The number of thiophene rings is 1. The minimum atomic E-state index is -0.873. The summed E-state index contributed by atoms with van der Waals surface area (Å²) in [4.78, 5) is 30.1. The summed E-state index contributed by atoms with van der Waals surface area (Å²) in [5.74, 6) is 1.11. The molecule has 1 aliphatic rings. The molecule has 8 nitrogen and oxygen atoms in total. The van der Waals surface area contributed by atoms with Crippen LogP contribution in [0.2, 0.25) is 0 Å². The number of carbonyl (C=O) groups excluding carboxylic acids is 1. The first kappa shape index (κ1) is 18.5. The Bertz CT molecular complexity index is 1210. The van der Waals surface area contributed by atoms with E-state index >= 15 is 0 Å². The summed E-state index contributed by atoms with van der Waals surface area (Å²) >= 11 is 6.69. The van der Waals surface area contributed by atoms with Crippen LogP contribution in [-0.4, -0.2) is 28.5 Å². The Labute approximate surface area is 168 Å². The van der Waals surface area contributed by atoms with Gasteiger partial charge in [0.2, 0.25) is 11.6 Å². The van der Waals surface area contributed by atoms with E-state index in [0.29, 0.717) is 27.5 Å². The van der Waals surface area contributed by atoms with Crippen molar-refractivity contribution in [3.8, 4) is 17.2 Å². The topological polar surface area (TPSA) is 94.6 Å². The van der Waals surface area contributed by atoms with Crippen LogP contribution in [0.25, 0.3) is 10.2 Å². The lowest BCUT2D eigenvalue weighted by molar-refractivity contribution is -0.123. The summed E-state index contributed by atoms with van der Waals surface area (Å²) in [6, 6.07) is 5.03. The molecule has 1 atom stereocenters. The minimum absolute atomic E-state index is 0.113. The minimum Gasteiger partial charge on any atom is -0.481 e. The van der Waals surface area contributed by atoms with E-state index in [-0.39, 0.29) is 17.1 Å². The molecule has 1 aliphatic heterocycles. The first-order valence-electron chi connectivity index (χ1n) is 8.47. The van der Waals surface area contributed by atoms with Gasteiger partial charge in [-0.2, -0.15) is 4.68 Å². The molecule has 0 fully saturated rings. The second-order valence-corrected chi connectivity index (χ2v) is 7.92. The number of aromatic amines is 1. The number of aromatic nitrogens is 2. The van der Waals surface area contributed by atoms with E-state index in [1.54, 1.807) is 25.1 Å². The van der Waals surface area contributed by atoms with Crippen molar-refractivity contribution >= 4 is 39.7 Å². The van der Waals surface area contributed by atoms with Crippen molar-refractivity contribution in [2.75, 3.05) is 12.2 Å². The number of carbonyl (C=O) groups is 1. The van der Waals surface area contributed by atoms with Gasteiger partial charge in [-0.15, -0.1) is 11.3 Å². The second kappa shape index (κ2) is 6.95. The smallest absolute Gasteiger partial charge is 0.282 e. The van der Waals surface area contributed by atoms with Gasteiger partial charge in [0.1, 0.15) is 10.6 Å². The normalized spacial score (nSPS) is 13.5. The van der Waals surface area contributed by atoms with Crippen LogP contribution >= 0.6 is 23.6 Å². The van der Waals surface area contributed by atoms with Crippen LogP contribution in [-0.2, 0) is 4.79 Å². The average Bonchev–Trinajstić information content (AvgIpc) is 3.22. The summed E-state index contributed by atoms with van der Waals surface area (Å²) in [5.41, 5.74) is 3.03. The van der Waals surface area contributed by atoms with Crippen LogP contribution in [0.15, 0.2) is 23.0 Å². The number of hydrogen-bond acceptors (Lipinski definition) is 7. The molecule has 0 saturated heterocycles. The fourth-order valence-electron chi connectivity index (χ4n) is 2.84. The first-order valence-corrected chi connectivity index (χ1v) is 9.70. The summed E-state index contributed by atoms with van der Waals surface area (Å²) in [6.07, 6.45) is -0.873. The molecule has 0 bridgehead atoms. The van der Waals surface area contributed by atoms with Gasteiger partial charge in [0.15, 0.2) is 17.6 Å². The molecule has 3 heterocycles. The molecule has 28 heavy (non-hydrogen) atoms. The van der Waals surface area contributed by atoms with Crippen LogP contribution in [0, 0.1) is 18.6 Å². The Kier molecular flexibility index (Phi) is 4.60. The Hall–Kier alpha value is -2.85. The highest BCUT2D eigenvalue weighted by molar-refractivity contribution is 7.71. The molecule has 0 unspecified atom stereocenters. The lowest BCUT2D eigenvalue weighted by Gasteiger charge is -2.16. The molecular weight excluding hydrogens is 402 g/mol. The molecule has 0 saturated carbocycles. The number of rotatable bonds is 4. The van der Waals surface area contributed by atoms with E-state index in [1.807, 2.05) is 13.8 Å². The zero-order chi connectivity index (χ0) is 20.0. The molecule has 0 spiro atoms. The number of ether oxygens (including phenoxy) is 3. The van der Waals surface area contributed by atoms with Gasteiger partial charge in [0, 0.05) is 10.9 Å². The summed E-state index contributed by atoms with van der Waals surface area (Å²) in [7, 11) is 0. The fourth-order valence-corrected chi connectivity index (χ4v) is 4.19. The molecule has 2 aromatic heterocycles. The van der Waals surface area contributed by atoms with E-state index < -0.39 is 12.0 Å². The van der Waals surface area contributed by atoms with Gasteiger partial charge in [-0.1, -0.05) is 0 Å². The number of benzene rings is 1. The zero-order valence-electron chi connectivity index (χ0n) is 15.3. The Morgan fingerprint density at radius 3 is 2.89 bits per heavy atom. The van der Waals surface area contributed by atoms with Gasteiger partial charge in [-0.3, -0.25) is 15.0 Å². The largest absolute Gasteiger partial charge is 0.481 e. The Balaban J connectivity index is 1.57.